The van der Waals surface area contributed by atoms with E-state index in [1.54, 1.807) is 17.6 Å². The number of amides is 1. The molecule has 0 aliphatic carbocycles. The third-order valence-corrected chi connectivity index (χ3v) is 6.43. The molecule has 0 radical (unpaired) electrons. The number of carbonyl (C=O) groups excluding carboxylic acids is 2. The van der Waals surface area contributed by atoms with E-state index in [1.807, 2.05) is 36.4 Å². The molecule has 4 rings (SSSR count). The minimum absolute atomic E-state index is 0.337. The minimum Gasteiger partial charge on any atom is -0.298 e. The van der Waals surface area contributed by atoms with Gasteiger partial charge in [0.15, 0.2) is 6.29 Å². The Balaban J connectivity index is 1.45. The van der Waals surface area contributed by atoms with Gasteiger partial charge in [0.1, 0.15) is 0 Å². The van der Waals surface area contributed by atoms with Gasteiger partial charge in [0.05, 0.1) is 0 Å². The Morgan fingerprint density at radius 1 is 1.00 bits per heavy atom. The molecule has 0 saturated carbocycles. The summed E-state index contributed by atoms with van der Waals surface area (Å²) in [6.45, 7) is 7.87. The summed E-state index contributed by atoms with van der Waals surface area (Å²) in [7, 11) is 0. The van der Waals surface area contributed by atoms with E-state index in [4.69, 9.17) is 5.21 Å². The average molecular weight is 432 g/mol. The van der Waals surface area contributed by atoms with Crippen molar-refractivity contribution in [3.05, 3.63) is 82.9 Å². The fourth-order valence-corrected chi connectivity index (χ4v) is 4.81. The fourth-order valence-electron chi connectivity index (χ4n) is 4.81. The number of nitrogens with zero attached hydrogens (tertiary/aromatic N) is 2. The van der Waals surface area contributed by atoms with Crippen LogP contribution in [0.1, 0.15) is 45.7 Å². The van der Waals surface area contributed by atoms with Gasteiger partial charge in [-0.2, -0.15) is 0 Å². The summed E-state index contributed by atoms with van der Waals surface area (Å²) in [5, 5.41) is 10.9. The second-order valence-corrected chi connectivity index (χ2v) is 8.68. The predicted octanol–water partition coefficient (Wildman–Crippen LogP) is 3.87. The number of hydrogen-bond donors (Lipinski definition) is 2. The molecule has 1 amide bonds. The van der Waals surface area contributed by atoms with Crippen LogP contribution in [0.25, 0.3) is 10.8 Å². The highest BCUT2D eigenvalue weighted by atomic mass is 16.5. The van der Waals surface area contributed by atoms with Gasteiger partial charge >= 0.3 is 0 Å². The molecule has 1 fully saturated rings. The van der Waals surface area contributed by atoms with Crippen LogP contribution in [0, 0.1) is 0 Å². The summed E-state index contributed by atoms with van der Waals surface area (Å²) in [4.78, 5) is 28.3. The minimum atomic E-state index is -0.504. The van der Waals surface area contributed by atoms with Crippen molar-refractivity contribution in [1.82, 2.24) is 15.3 Å². The van der Waals surface area contributed by atoms with Crippen molar-refractivity contribution >= 4 is 23.0 Å². The summed E-state index contributed by atoms with van der Waals surface area (Å²) in [6.07, 6.45) is 0.990. The number of fused-ring (bicyclic) bond motifs is 1. The van der Waals surface area contributed by atoms with Crippen molar-refractivity contribution in [2.45, 2.75) is 39.0 Å². The molecule has 6 heteroatoms. The second-order valence-electron chi connectivity index (χ2n) is 8.68. The highest BCUT2D eigenvalue weighted by Gasteiger charge is 2.30. The third kappa shape index (κ3) is 4.58. The van der Waals surface area contributed by atoms with Crippen LogP contribution in [0.4, 0.5) is 0 Å². The SMILES string of the molecule is C[C@@H]1CN(Cc2ccc(C(=O)NO)cc2)C[C@H](C)N1Cc1ccc2ccccc2c1C=O. The van der Waals surface area contributed by atoms with Crippen LogP contribution in [0.2, 0.25) is 0 Å². The molecule has 3 aromatic carbocycles. The average Bonchev–Trinajstić information content (AvgIpc) is 2.81. The van der Waals surface area contributed by atoms with Crippen molar-refractivity contribution in [2.75, 3.05) is 13.1 Å². The van der Waals surface area contributed by atoms with Gasteiger partial charge in [0.2, 0.25) is 0 Å². The Bertz CT molecular complexity index is 1100. The maximum Gasteiger partial charge on any atom is 0.274 e. The standard InChI is InChI=1S/C26H29N3O3/c1-18-13-28(15-20-7-9-22(10-8-20)26(31)27-32)14-19(2)29(18)16-23-12-11-21-5-3-4-6-24(21)25(23)17-30/h3-12,17-19,32H,13-16H2,1-2H3,(H,27,31)/t18-,19+. The van der Waals surface area contributed by atoms with E-state index in [-0.39, 0.29) is 0 Å². The molecule has 166 valence electrons. The molecule has 32 heavy (non-hydrogen) atoms. The summed E-state index contributed by atoms with van der Waals surface area (Å²) >= 11 is 0. The number of piperazine rings is 1. The topological polar surface area (TPSA) is 72.9 Å². The summed E-state index contributed by atoms with van der Waals surface area (Å²) in [5.41, 5.74) is 5.09. The molecule has 1 aliphatic rings. The first-order valence-corrected chi connectivity index (χ1v) is 11.0. The Hall–Kier alpha value is -3.06. The lowest BCUT2D eigenvalue weighted by Crippen LogP contribution is -2.55. The van der Waals surface area contributed by atoms with E-state index in [9.17, 15) is 9.59 Å². The highest BCUT2D eigenvalue weighted by molar-refractivity contribution is 5.99. The van der Waals surface area contributed by atoms with E-state index < -0.39 is 5.91 Å². The van der Waals surface area contributed by atoms with Gasteiger partial charge in [-0.1, -0.05) is 48.5 Å². The van der Waals surface area contributed by atoms with Crippen LogP contribution in [0.15, 0.2) is 60.7 Å². The summed E-state index contributed by atoms with van der Waals surface area (Å²) < 4.78 is 0. The Morgan fingerprint density at radius 2 is 1.69 bits per heavy atom. The largest absolute Gasteiger partial charge is 0.298 e. The Morgan fingerprint density at radius 3 is 2.34 bits per heavy atom. The zero-order valence-electron chi connectivity index (χ0n) is 18.5. The third-order valence-electron chi connectivity index (χ3n) is 6.43. The molecule has 2 atom stereocenters. The predicted molar refractivity (Wildman–Crippen MR) is 125 cm³/mol. The molecule has 0 spiro atoms. The quantitative estimate of drug-likeness (QED) is 0.352. The van der Waals surface area contributed by atoms with Crippen LogP contribution in [0.5, 0.6) is 0 Å². The van der Waals surface area contributed by atoms with Gasteiger partial charge in [-0.15, -0.1) is 0 Å². The molecule has 0 unspecified atom stereocenters. The molecule has 1 heterocycles. The van der Waals surface area contributed by atoms with Crippen molar-refractivity contribution in [3.8, 4) is 0 Å². The van der Waals surface area contributed by atoms with Crippen LogP contribution < -0.4 is 5.48 Å². The molecule has 1 aliphatic heterocycles. The summed E-state index contributed by atoms with van der Waals surface area (Å²) in [6, 6.07) is 20.2. The Kier molecular flexibility index (Phi) is 6.65. The number of hydroxylamine groups is 1. The molecule has 6 nitrogen and oxygen atoms in total. The number of hydrogen-bond acceptors (Lipinski definition) is 5. The number of nitrogens with one attached hydrogen (secondary N) is 1. The van der Waals surface area contributed by atoms with Crippen molar-refractivity contribution in [2.24, 2.45) is 0 Å². The van der Waals surface area contributed by atoms with Gasteiger partial charge in [-0.3, -0.25) is 24.6 Å². The number of aldehydes is 1. The van der Waals surface area contributed by atoms with Crippen molar-refractivity contribution in [3.63, 3.8) is 0 Å². The van der Waals surface area contributed by atoms with Crippen LogP contribution in [-0.4, -0.2) is 52.4 Å². The van der Waals surface area contributed by atoms with Gasteiger partial charge in [-0.25, -0.2) is 5.48 Å². The summed E-state index contributed by atoms with van der Waals surface area (Å²) in [5.74, 6) is -0.504. The van der Waals surface area contributed by atoms with E-state index >= 15 is 0 Å². The van der Waals surface area contributed by atoms with Gasteiger partial charge in [-0.05, 0) is 47.9 Å². The Labute approximate surface area is 188 Å². The number of benzene rings is 3. The van der Waals surface area contributed by atoms with Crippen LogP contribution in [-0.2, 0) is 13.1 Å². The lowest BCUT2D eigenvalue weighted by molar-refractivity contribution is 0.0289. The smallest absolute Gasteiger partial charge is 0.274 e. The maximum absolute atomic E-state index is 11.9. The normalized spacial score (nSPS) is 19.7. The molecule has 1 saturated heterocycles. The zero-order chi connectivity index (χ0) is 22.7. The molecule has 0 aromatic heterocycles. The second kappa shape index (κ2) is 9.61. The lowest BCUT2D eigenvalue weighted by atomic mass is 9.97. The van der Waals surface area contributed by atoms with E-state index in [0.717, 1.165) is 59.9 Å². The number of rotatable bonds is 6. The van der Waals surface area contributed by atoms with Crippen molar-refractivity contribution in [1.29, 1.82) is 0 Å². The molecule has 3 aromatic rings. The maximum atomic E-state index is 11.9. The molecule has 2 N–H and O–H groups in total. The molecule has 0 bridgehead atoms. The van der Waals surface area contributed by atoms with Crippen LogP contribution >= 0.6 is 0 Å². The van der Waals surface area contributed by atoms with Crippen LogP contribution in [0.3, 0.4) is 0 Å². The first-order valence-electron chi connectivity index (χ1n) is 11.0. The molecular weight excluding hydrogens is 402 g/mol. The number of carbonyl (C=O) groups is 2. The highest BCUT2D eigenvalue weighted by Crippen LogP contribution is 2.26. The first-order chi connectivity index (χ1) is 15.5. The van der Waals surface area contributed by atoms with E-state index in [0.29, 0.717) is 17.6 Å². The molecular formula is C26H29N3O3. The fraction of sp³-hybridized carbons (Fsp3) is 0.308. The lowest BCUT2D eigenvalue weighted by Gasteiger charge is -2.44. The van der Waals surface area contributed by atoms with Gasteiger partial charge in [0, 0.05) is 49.4 Å². The monoisotopic (exact) mass is 431 g/mol. The first kappa shape index (κ1) is 22.1. The van der Waals surface area contributed by atoms with E-state index in [2.05, 4.69) is 35.8 Å². The van der Waals surface area contributed by atoms with Gasteiger partial charge in [0.25, 0.3) is 5.91 Å². The van der Waals surface area contributed by atoms with Crippen molar-refractivity contribution < 1.29 is 14.8 Å². The zero-order valence-corrected chi connectivity index (χ0v) is 18.5. The van der Waals surface area contributed by atoms with E-state index in [1.165, 1.54) is 0 Å². The van der Waals surface area contributed by atoms with Gasteiger partial charge < -0.3 is 0 Å².